The van der Waals surface area contributed by atoms with E-state index in [4.69, 9.17) is 30.5 Å². The highest BCUT2D eigenvalue weighted by Gasteiger charge is 2.34. The van der Waals surface area contributed by atoms with Crippen molar-refractivity contribution in [3.05, 3.63) is 47.4 Å². The molecule has 0 aliphatic heterocycles. The number of halogens is 1. The number of hydrogen-bond acceptors (Lipinski definition) is 7. The van der Waals surface area contributed by atoms with Gasteiger partial charge < -0.3 is 18.9 Å². The lowest BCUT2D eigenvalue weighted by molar-refractivity contribution is -0.167. The third-order valence-electron chi connectivity index (χ3n) is 4.27. The van der Waals surface area contributed by atoms with Crippen LogP contribution in [-0.4, -0.2) is 43.1 Å². The molecule has 2 atom stereocenters. The van der Waals surface area contributed by atoms with Gasteiger partial charge in [0.25, 0.3) is 0 Å². The van der Waals surface area contributed by atoms with Gasteiger partial charge in [0.2, 0.25) is 5.88 Å². The first-order valence-corrected chi connectivity index (χ1v) is 9.34. The number of nitrogens with zero attached hydrogens (tertiary/aromatic N) is 2. The lowest BCUT2D eigenvalue weighted by atomic mass is 9.97. The molecule has 1 aromatic carbocycles. The Morgan fingerprint density at radius 2 is 1.89 bits per heavy atom. The smallest absolute Gasteiger partial charge is 0.318 e. The van der Waals surface area contributed by atoms with Crippen molar-refractivity contribution >= 4 is 17.6 Å². The minimum Gasteiger partial charge on any atom is -0.465 e. The van der Waals surface area contributed by atoms with Crippen LogP contribution >= 0.6 is 11.6 Å². The monoisotopic (exact) mass is 408 g/mol. The fourth-order valence-electron chi connectivity index (χ4n) is 2.50. The Morgan fingerprint density at radius 3 is 2.54 bits per heavy atom. The quantitative estimate of drug-likeness (QED) is 0.331. The molecule has 1 heterocycles. The predicted molar refractivity (Wildman–Crippen MR) is 105 cm³/mol. The Morgan fingerprint density at radius 1 is 1.18 bits per heavy atom. The van der Waals surface area contributed by atoms with Crippen LogP contribution in [0.5, 0.6) is 11.6 Å². The minimum atomic E-state index is -0.844. The molecule has 0 fully saturated rings. The number of hydrogen-bond donors (Lipinski definition) is 0. The van der Waals surface area contributed by atoms with Crippen LogP contribution in [-0.2, 0) is 19.0 Å². The van der Waals surface area contributed by atoms with Crippen molar-refractivity contribution in [1.29, 1.82) is 0 Å². The first-order valence-electron chi connectivity index (χ1n) is 8.96. The van der Waals surface area contributed by atoms with Crippen LogP contribution in [0.25, 0.3) is 0 Å². The molecule has 2 rings (SSSR count). The number of rotatable bonds is 10. The first-order chi connectivity index (χ1) is 13.5. The Bertz CT molecular complexity index is 770. The molecule has 0 saturated carbocycles. The maximum Gasteiger partial charge on any atom is 0.318 e. The van der Waals surface area contributed by atoms with E-state index in [0.717, 1.165) is 6.42 Å². The summed E-state index contributed by atoms with van der Waals surface area (Å²) in [6.07, 6.45) is 1.36. The highest BCUT2D eigenvalue weighted by Crippen LogP contribution is 2.34. The summed E-state index contributed by atoms with van der Waals surface area (Å²) in [4.78, 5) is 20.8. The predicted octanol–water partition coefficient (Wildman–Crippen LogP) is 4.21. The molecule has 1 aromatic heterocycles. The third-order valence-corrected chi connectivity index (χ3v) is 4.48. The molecule has 8 heteroatoms. The zero-order valence-electron chi connectivity index (χ0n) is 16.4. The van der Waals surface area contributed by atoms with E-state index in [2.05, 4.69) is 9.97 Å². The van der Waals surface area contributed by atoms with E-state index in [0.29, 0.717) is 17.9 Å². The van der Waals surface area contributed by atoms with Gasteiger partial charge >= 0.3 is 5.97 Å². The average molecular weight is 409 g/mol. The Hall–Kier alpha value is -2.22. The summed E-state index contributed by atoms with van der Waals surface area (Å²) < 4.78 is 22.1. The van der Waals surface area contributed by atoms with Gasteiger partial charge in [-0.25, -0.2) is 9.97 Å². The highest BCUT2D eigenvalue weighted by atomic mass is 35.5. The number of ether oxygens (including phenoxy) is 4. The molecule has 7 nitrogen and oxygen atoms in total. The topological polar surface area (TPSA) is 79.8 Å². The van der Waals surface area contributed by atoms with E-state index in [1.165, 1.54) is 26.6 Å². The summed E-state index contributed by atoms with van der Waals surface area (Å²) in [5, 5.41) is 0.249. The Labute approximate surface area is 169 Å². The average Bonchev–Trinajstić information content (AvgIpc) is 2.70. The van der Waals surface area contributed by atoms with Crippen molar-refractivity contribution in [3.63, 3.8) is 0 Å². The second-order valence-electron chi connectivity index (χ2n) is 6.28. The summed E-state index contributed by atoms with van der Waals surface area (Å²) in [5.41, 5.74) is 0.556. The molecule has 0 radical (unpaired) electrons. The normalized spacial score (nSPS) is 13.2. The molecule has 2 unspecified atom stereocenters. The second-order valence-corrected chi connectivity index (χ2v) is 6.67. The summed E-state index contributed by atoms with van der Waals surface area (Å²) in [6.45, 7) is 4.37. The van der Waals surface area contributed by atoms with E-state index >= 15 is 0 Å². The van der Waals surface area contributed by atoms with Crippen LogP contribution in [0, 0.1) is 5.92 Å². The molecule has 0 aliphatic carbocycles. The number of aromatic nitrogens is 2. The minimum absolute atomic E-state index is 0.249. The Kier molecular flexibility index (Phi) is 8.63. The zero-order chi connectivity index (χ0) is 20.5. The standard InChI is InChI=1S/C20H25ClN2O5/c1-5-13(2)11-27-19(24)18(20(25-3)26-4)14-8-6-7-9-15(14)28-17-10-16(21)22-12-23-17/h6-10,12-13,18,20H,5,11H2,1-4H3. The van der Waals surface area contributed by atoms with Crippen molar-refractivity contribution in [1.82, 2.24) is 9.97 Å². The number of benzene rings is 1. The molecule has 0 saturated heterocycles. The highest BCUT2D eigenvalue weighted by molar-refractivity contribution is 6.29. The van der Waals surface area contributed by atoms with Gasteiger partial charge in [-0.2, -0.15) is 0 Å². The van der Waals surface area contributed by atoms with E-state index in [9.17, 15) is 4.79 Å². The van der Waals surface area contributed by atoms with Crippen LogP contribution in [0.4, 0.5) is 0 Å². The van der Waals surface area contributed by atoms with E-state index in [1.54, 1.807) is 24.3 Å². The maximum absolute atomic E-state index is 12.9. The molecule has 0 amide bonds. The fraction of sp³-hybridized carbons (Fsp3) is 0.450. The summed E-state index contributed by atoms with van der Waals surface area (Å²) in [6, 6.07) is 8.56. The molecule has 0 N–H and O–H groups in total. The Balaban J connectivity index is 2.35. The summed E-state index contributed by atoms with van der Waals surface area (Å²) in [7, 11) is 2.94. The van der Waals surface area contributed by atoms with Crippen LogP contribution in [0.1, 0.15) is 31.7 Å². The van der Waals surface area contributed by atoms with Crippen molar-refractivity contribution in [3.8, 4) is 11.6 Å². The molecule has 0 aliphatic rings. The van der Waals surface area contributed by atoms with Gasteiger partial charge in [-0.15, -0.1) is 0 Å². The van der Waals surface area contributed by atoms with Gasteiger partial charge in [0.1, 0.15) is 23.1 Å². The number of para-hydroxylation sites is 1. The SMILES string of the molecule is CCC(C)COC(=O)C(c1ccccc1Oc1cc(Cl)ncn1)C(OC)OC. The van der Waals surface area contributed by atoms with Gasteiger partial charge in [0.15, 0.2) is 6.29 Å². The molecular weight excluding hydrogens is 384 g/mol. The summed E-state index contributed by atoms with van der Waals surface area (Å²) in [5.74, 6) is -0.367. The fourth-order valence-corrected chi connectivity index (χ4v) is 2.64. The van der Waals surface area contributed by atoms with Crippen LogP contribution < -0.4 is 4.74 Å². The molecular formula is C20H25ClN2O5. The number of carbonyl (C=O) groups is 1. The van der Waals surface area contributed by atoms with Crippen molar-refractivity contribution < 1.29 is 23.7 Å². The molecule has 152 valence electrons. The molecule has 0 spiro atoms. The second kappa shape index (κ2) is 10.9. The lowest BCUT2D eigenvalue weighted by Gasteiger charge is -2.25. The van der Waals surface area contributed by atoms with Gasteiger partial charge in [0.05, 0.1) is 6.61 Å². The number of esters is 1. The van der Waals surface area contributed by atoms with Crippen molar-refractivity contribution in [2.75, 3.05) is 20.8 Å². The van der Waals surface area contributed by atoms with Crippen LogP contribution in [0.15, 0.2) is 36.7 Å². The lowest BCUT2D eigenvalue weighted by Crippen LogP contribution is -2.32. The van der Waals surface area contributed by atoms with Gasteiger partial charge in [-0.3, -0.25) is 4.79 Å². The van der Waals surface area contributed by atoms with Gasteiger partial charge in [-0.1, -0.05) is 50.1 Å². The zero-order valence-corrected chi connectivity index (χ0v) is 17.2. The molecule has 2 aromatic rings. The van der Waals surface area contributed by atoms with Crippen molar-refractivity contribution in [2.45, 2.75) is 32.5 Å². The van der Waals surface area contributed by atoms with E-state index < -0.39 is 18.2 Å². The third kappa shape index (κ3) is 5.89. The number of methoxy groups -OCH3 is 2. The van der Waals surface area contributed by atoms with E-state index in [1.807, 2.05) is 13.8 Å². The summed E-state index contributed by atoms with van der Waals surface area (Å²) >= 11 is 5.90. The maximum atomic E-state index is 12.9. The molecule has 0 bridgehead atoms. The van der Waals surface area contributed by atoms with Crippen LogP contribution in [0.2, 0.25) is 5.15 Å². The molecule has 28 heavy (non-hydrogen) atoms. The van der Waals surface area contributed by atoms with Crippen molar-refractivity contribution in [2.24, 2.45) is 5.92 Å². The van der Waals surface area contributed by atoms with E-state index in [-0.39, 0.29) is 17.0 Å². The first kappa shape index (κ1) is 22.1. The number of carbonyl (C=O) groups excluding carboxylic acids is 1. The van der Waals surface area contributed by atoms with Gasteiger partial charge in [0, 0.05) is 25.8 Å². The largest absolute Gasteiger partial charge is 0.465 e. The van der Waals surface area contributed by atoms with Gasteiger partial charge in [-0.05, 0) is 12.0 Å². The van der Waals surface area contributed by atoms with Crippen LogP contribution in [0.3, 0.4) is 0 Å².